The fraction of sp³-hybridized carbons (Fsp3) is 0.182. The van der Waals surface area contributed by atoms with Crippen molar-refractivity contribution in [2.75, 3.05) is 37.7 Å². The van der Waals surface area contributed by atoms with Crippen LogP contribution in [0.4, 0.5) is 10.1 Å². The first-order valence-electron chi connectivity index (χ1n) is 14.0. The summed E-state index contributed by atoms with van der Waals surface area (Å²) in [6, 6.07) is 23.8. The van der Waals surface area contributed by atoms with Crippen LogP contribution in [-0.2, 0) is 21.3 Å². The second-order valence-corrected chi connectivity index (χ2v) is 13.8. The van der Waals surface area contributed by atoms with Crippen LogP contribution in [0.1, 0.15) is 5.56 Å². The Labute approximate surface area is 253 Å². The summed E-state index contributed by atoms with van der Waals surface area (Å²) >= 11 is 1.19. The molecule has 3 aromatic heterocycles. The smallest absolute Gasteiger partial charge is 0.273 e. The van der Waals surface area contributed by atoms with Crippen LogP contribution in [0, 0.1) is 5.82 Å². The number of benzene rings is 3. The molecule has 1 fully saturated rings. The number of rotatable bonds is 7. The number of aromatic nitrogens is 2. The predicted molar refractivity (Wildman–Crippen MR) is 170 cm³/mol. The van der Waals surface area contributed by atoms with E-state index in [0.29, 0.717) is 11.3 Å². The molecule has 218 valence electrons. The molecule has 0 bridgehead atoms. The quantitative estimate of drug-likeness (QED) is 0.212. The van der Waals surface area contributed by atoms with Crippen LogP contribution in [0.25, 0.3) is 44.2 Å². The fourth-order valence-corrected chi connectivity index (χ4v) is 8.01. The number of fused-ring (bicyclic) bond motifs is 3. The number of halogens is 1. The van der Waals surface area contributed by atoms with Gasteiger partial charge in [-0.25, -0.2) is 17.8 Å². The standard InChI is InChI=1S/C33H29FN4O3S2/c1-37(43(39,40)30-3-2-18-42-30)26-12-13-29-27(19-26)32-31(24-8-10-25(34)11-9-24)28(20-35-33(32)36-29)23-6-4-22(5-7-23)21-38-14-16-41-17-15-38/h2-13,18-20H,14-17,21H2,1H3,(H,35,36). The first kappa shape index (κ1) is 27.7. The second-order valence-electron chi connectivity index (χ2n) is 10.6. The Morgan fingerprint density at radius 3 is 2.47 bits per heavy atom. The maximum atomic E-state index is 14.0. The zero-order chi connectivity index (χ0) is 29.6. The van der Waals surface area contributed by atoms with Crippen molar-refractivity contribution in [2.45, 2.75) is 10.8 Å². The third-order valence-electron chi connectivity index (χ3n) is 7.99. The zero-order valence-corrected chi connectivity index (χ0v) is 25.1. The van der Waals surface area contributed by atoms with Crippen LogP contribution in [0.2, 0.25) is 0 Å². The van der Waals surface area contributed by atoms with Gasteiger partial charge in [0.2, 0.25) is 0 Å². The summed E-state index contributed by atoms with van der Waals surface area (Å²) in [6.45, 7) is 4.21. The van der Waals surface area contributed by atoms with E-state index >= 15 is 0 Å². The predicted octanol–water partition coefficient (Wildman–Crippen LogP) is 6.91. The van der Waals surface area contributed by atoms with Gasteiger partial charge in [0.1, 0.15) is 15.7 Å². The molecule has 0 aliphatic carbocycles. The number of aromatic amines is 1. The summed E-state index contributed by atoms with van der Waals surface area (Å²) < 4.78 is 47.7. The molecule has 3 aromatic carbocycles. The van der Waals surface area contributed by atoms with Gasteiger partial charge in [0.25, 0.3) is 10.0 Å². The number of thiophene rings is 1. The first-order valence-corrected chi connectivity index (χ1v) is 16.3. The molecule has 1 aliphatic heterocycles. The van der Waals surface area contributed by atoms with E-state index < -0.39 is 10.0 Å². The summed E-state index contributed by atoms with van der Waals surface area (Å²) in [5, 5.41) is 3.43. The van der Waals surface area contributed by atoms with Crippen molar-refractivity contribution in [1.82, 2.24) is 14.9 Å². The van der Waals surface area contributed by atoms with Gasteiger partial charge in [-0.2, -0.15) is 0 Å². The zero-order valence-electron chi connectivity index (χ0n) is 23.5. The highest BCUT2D eigenvalue weighted by Gasteiger charge is 2.24. The Morgan fingerprint density at radius 2 is 1.74 bits per heavy atom. The van der Waals surface area contributed by atoms with Crippen molar-refractivity contribution >= 4 is 49.0 Å². The SMILES string of the molecule is CN(c1ccc2[nH]c3ncc(-c4ccc(CN5CCOCC5)cc4)c(-c4ccc(F)cc4)c3c2c1)S(=O)(=O)c1cccs1. The molecule has 7 rings (SSSR count). The van der Waals surface area contributed by atoms with Crippen molar-refractivity contribution in [2.24, 2.45) is 0 Å². The lowest BCUT2D eigenvalue weighted by Gasteiger charge is -2.26. The highest BCUT2D eigenvalue weighted by Crippen LogP contribution is 2.42. The number of hydrogen-bond donors (Lipinski definition) is 1. The van der Waals surface area contributed by atoms with Crippen molar-refractivity contribution < 1.29 is 17.5 Å². The van der Waals surface area contributed by atoms with Gasteiger partial charge in [-0.05, 0) is 58.5 Å². The van der Waals surface area contributed by atoms with Gasteiger partial charge in [0.15, 0.2) is 0 Å². The van der Waals surface area contributed by atoms with Gasteiger partial charge in [-0.3, -0.25) is 9.21 Å². The van der Waals surface area contributed by atoms with Crippen molar-refractivity contribution in [3.8, 4) is 22.3 Å². The van der Waals surface area contributed by atoms with Gasteiger partial charge in [-0.15, -0.1) is 11.3 Å². The summed E-state index contributed by atoms with van der Waals surface area (Å²) in [6.07, 6.45) is 1.85. The summed E-state index contributed by atoms with van der Waals surface area (Å²) in [4.78, 5) is 10.6. The molecule has 10 heteroatoms. The molecular weight excluding hydrogens is 584 g/mol. The molecule has 1 N–H and O–H groups in total. The van der Waals surface area contributed by atoms with E-state index in [9.17, 15) is 12.8 Å². The molecule has 1 saturated heterocycles. The van der Waals surface area contributed by atoms with Gasteiger partial charge in [0, 0.05) is 60.3 Å². The summed E-state index contributed by atoms with van der Waals surface area (Å²) in [7, 11) is -2.15. The Hall–Kier alpha value is -4.09. The molecule has 0 radical (unpaired) electrons. The maximum absolute atomic E-state index is 14.0. The lowest BCUT2D eigenvalue weighted by atomic mass is 9.92. The highest BCUT2D eigenvalue weighted by molar-refractivity contribution is 7.94. The van der Waals surface area contributed by atoms with E-state index in [0.717, 1.165) is 71.4 Å². The number of nitrogens with zero attached hydrogens (tertiary/aromatic N) is 3. The molecule has 6 aromatic rings. The molecule has 0 atom stereocenters. The van der Waals surface area contributed by atoms with E-state index in [2.05, 4.69) is 34.1 Å². The number of pyridine rings is 1. The van der Waals surface area contributed by atoms with E-state index in [1.54, 1.807) is 42.8 Å². The molecule has 0 unspecified atom stereocenters. The second kappa shape index (κ2) is 11.2. The largest absolute Gasteiger partial charge is 0.379 e. The molecular formula is C33H29FN4O3S2. The highest BCUT2D eigenvalue weighted by atomic mass is 32.2. The Morgan fingerprint density at radius 1 is 1.00 bits per heavy atom. The number of H-pyrrole nitrogens is 1. The number of nitrogens with one attached hydrogen (secondary N) is 1. The fourth-order valence-electron chi connectivity index (χ4n) is 5.67. The topological polar surface area (TPSA) is 78.5 Å². The summed E-state index contributed by atoms with van der Waals surface area (Å²) in [5.41, 5.74) is 6.88. The lowest BCUT2D eigenvalue weighted by molar-refractivity contribution is 0.0342. The minimum atomic E-state index is -3.71. The van der Waals surface area contributed by atoms with E-state index in [4.69, 9.17) is 9.72 Å². The first-order chi connectivity index (χ1) is 20.9. The maximum Gasteiger partial charge on any atom is 0.273 e. The van der Waals surface area contributed by atoms with Crippen LogP contribution in [-0.4, -0.2) is 56.6 Å². The number of sulfonamides is 1. The van der Waals surface area contributed by atoms with Crippen molar-refractivity contribution in [3.05, 3.63) is 102 Å². The number of hydrogen-bond acceptors (Lipinski definition) is 6. The molecule has 7 nitrogen and oxygen atoms in total. The van der Waals surface area contributed by atoms with Gasteiger partial charge in [0.05, 0.1) is 18.9 Å². The van der Waals surface area contributed by atoms with Gasteiger partial charge in [-0.1, -0.05) is 42.5 Å². The van der Waals surface area contributed by atoms with Crippen LogP contribution in [0.15, 0.2) is 94.6 Å². The van der Waals surface area contributed by atoms with E-state index in [1.165, 1.54) is 33.3 Å². The Kier molecular flexibility index (Phi) is 7.22. The molecule has 0 saturated carbocycles. The molecule has 1 aliphatic rings. The third-order valence-corrected chi connectivity index (χ3v) is 11.1. The molecule has 4 heterocycles. The minimum absolute atomic E-state index is 0.280. The number of morpholine rings is 1. The van der Waals surface area contributed by atoms with Crippen LogP contribution < -0.4 is 4.31 Å². The third kappa shape index (κ3) is 5.21. The normalized spacial score (nSPS) is 14.5. The average Bonchev–Trinajstić information content (AvgIpc) is 3.71. The summed E-state index contributed by atoms with van der Waals surface area (Å²) in [5.74, 6) is -0.315. The molecule has 43 heavy (non-hydrogen) atoms. The number of ether oxygens (including phenoxy) is 1. The van der Waals surface area contributed by atoms with E-state index in [-0.39, 0.29) is 10.0 Å². The monoisotopic (exact) mass is 612 g/mol. The molecule has 0 amide bonds. The molecule has 0 spiro atoms. The van der Waals surface area contributed by atoms with Crippen LogP contribution in [0.5, 0.6) is 0 Å². The van der Waals surface area contributed by atoms with Crippen LogP contribution in [0.3, 0.4) is 0 Å². The lowest BCUT2D eigenvalue weighted by Crippen LogP contribution is -2.35. The van der Waals surface area contributed by atoms with Gasteiger partial charge < -0.3 is 9.72 Å². The van der Waals surface area contributed by atoms with E-state index in [1.807, 2.05) is 18.3 Å². The van der Waals surface area contributed by atoms with Crippen molar-refractivity contribution in [1.29, 1.82) is 0 Å². The minimum Gasteiger partial charge on any atom is -0.379 e. The number of anilines is 1. The van der Waals surface area contributed by atoms with Crippen molar-refractivity contribution in [3.63, 3.8) is 0 Å². The van der Waals surface area contributed by atoms with Gasteiger partial charge >= 0.3 is 0 Å². The Bertz CT molecular complexity index is 2020. The van der Waals surface area contributed by atoms with Crippen LogP contribution >= 0.6 is 11.3 Å². The Balaban J connectivity index is 1.37. The average molecular weight is 613 g/mol.